The van der Waals surface area contributed by atoms with E-state index < -0.39 is 11.4 Å². The van der Waals surface area contributed by atoms with Crippen molar-refractivity contribution < 1.29 is 19.6 Å². The Morgan fingerprint density at radius 1 is 1.21 bits per heavy atom. The Morgan fingerprint density at radius 2 is 2.00 bits per heavy atom. The maximum atomic E-state index is 14.3. The summed E-state index contributed by atoms with van der Waals surface area (Å²) in [5.74, 6) is 0.982. The van der Waals surface area contributed by atoms with Gasteiger partial charge in [0, 0.05) is 37.4 Å². The van der Waals surface area contributed by atoms with E-state index in [1.54, 1.807) is 5.32 Å². The van der Waals surface area contributed by atoms with Crippen LogP contribution < -0.4 is 16.0 Å². The number of pyridine rings is 1. The predicted octanol–water partition coefficient (Wildman–Crippen LogP) is 3.41. The van der Waals surface area contributed by atoms with Gasteiger partial charge in [-0.2, -0.15) is 9.97 Å². The minimum absolute atomic E-state index is 0.0791. The summed E-state index contributed by atoms with van der Waals surface area (Å²) >= 11 is 0. The third-order valence-electron chi connectivity index (χ3n) is 6.98. The van der Waals surface area contributed by atoms with Crippen LogP contribution in [-0.2, 0) is 18.6 Å². The molecule has 1 aliphatic heterocycles. The van der Waals surface area contributed by atoms with E-state index >= 15 is 0 Å². The fourth-order valence-corrected chi connectivity index (χ4v) is 4.83. The summed E-state index contributed by atoms with van der Waals surface area (Å²) in [7, 11) is 0. The molecular weight excluding hydrogens is 497 g/mol. The Bertz CT molecular complexity index is 1370. The number of hydrogen-bond donors (Lipinski definition) is 4. The third-order valence-corrected chi connectivity index (χ3v) is 6.98. The van der Waals surface area contributed by atoms with Crippen LogP contribution >= 0.6 is 0 Å². The highest BCUT2D eigenvalue weighted by Gasteiger charge is 2.27. The van der Waals surface area contributed by atoms with Crippen LogP contribution in [0.25, 0.3) is 0 Å². The molecule has 1 amide bonds. The first kappa shape index (κ1) is 27.1. The highest BCUT2D eigenvalue weighted by molar-refractivity contribution is 5.97. The fourth-order valence-electron chi connectivity index (χ4n) is 4.83. The van der Waals surface area contributed by atoms with Gasteiger partial charge in [0.2, 0.25) is 17.6 Å². The van der Waals surface area contributed by atoms with Gasteiger partial charge in [0.1, 0.15) is 22.7 Å². The van der Waals surface area contributed by atoms with E-state index in [0.29, 0.717) is 17.6 Å². The van der Waals surface area contributed by atoms with E-state index in [-0.39, 0.29) is 23.2 Å². The molecule has 1 saturated carbocycles. The summed E-state index contributed by atoms with van der Waals surface area (Å²) in [6, 6.07) is 8.99. The number of fused-ring (bicyclic) bond motifs is 1. The molecule has 2 aliphatic rings. The van der Waals surface area contributed by atoms with Crippen molar-refractivity contribution in [2.45, 2.75) is 65.1 Å². The van der Waals surface area contributed by atoms with Crippen LogP contribution in [0, 0.1) is 11.7 Å². The molecule has 1 aliphatic carbocycles. The average molecular weight is 535 g/mol. The van der Waals surface area contributed by atoms with Crippen LogP contribution in [0.5, 0.6) is 0 Å². The van der Waals surface area contributed by atoms with Gasteiger partial charge in [0.05, 0.1) is 6.20 Å². The number of aliphatic hydroxyl groups is 1. The number of aromatic nitrogens is 3. The lowest BCUT2D eigenvalue weighted by Crippen LogP contribution is -2.73. The van der Waals surface area contributed by atoms with E-state index in [2.05, 4.69) is 42.6 Å². The van der Waals surface area contributed by atoms with Gasteiger partial charge in [0.25, 0.3) is 5.91 Å². The van der Waals surface area contributed by atoms with Crippen molar-refractivity contribution in [1.29, 1.82) is 0 Å². The second kappa shape index (κ2) is 11.0. The summed E-state index contributed by atoms with van der Waals surface area (Å²) in [6.45, 7) is 9.94. The maximum absolute atomic E-state index is 14.3. The number of hydrogen-bond acceptors (Lipinski definition) is 7. The van der Waals surface area contributed by atoms with Gasteiger partial charge in [-0.3, -0.25) is 9.69 Å². The van der Waals surface area contributed by atoms with E-state index in [9.17, 15) is 14.3 Å². The quantitative estimate of drug-likeness (QED) is 0.332. The maximum Gasteiger partial charge on any atom is 0.260 e. The van der Waals surface area contributed by atoms with Crippen molar-refractivity contribution in [3.8, 4) is 0 Å². The van der Waals surface area contributed by atoms with Crippen molar-refractivity contribution in [2.75, 3.05) is 18.4 Å². The minimum Gasteiger partial charge on any atom is -0.384 e. The minimum atomic E-state index is -1.47. The number of nitrogens with zero attached hydrogens (tertiary/aromatic N) is 4. The predicted molar refractivity (Wildman–Crippen MR) is 147 cm³/mol. The molecule has 0 unspecified atom stereocenters. The first-order valence-corrected chi connectivity index (χ1v) is 13.6. The SMILES string of the molecule is CC(C)NC(=O)c1cnc(Nc2ccc3c(c2)CCN(CC2CC2)C3)nc1[NH2+]c1ccc(F)c(C(C)(C)O)n1. The van der Waals surface area contributed by atoms with Gasteiger partial charge < -0.3 is 15.7 Å². The number of rotatable bonds is 9. The molecule has 0 atom stereocenters. The lowest BCUT2D eigenvalue weighted by atomic mass is 9.99. The van der Waals surface area contributed by atoms with Gasteiger partial charge >= 0.3 is 0 Å². The second-order valence-corrected chi connectivity index (χ2v) is 11.4. The van der Waals surface area contributed by atoms with Gasteiger partial charge in [-0.05, 0) is 82.2 Å². The monoisotopic (exact) mass is 534 g/mol. The summed E-state index contributed by atoms with van der Waals surface area (Å²) in [5, 5.41) is 18.1. The van der Waals surface area contributed by atoms with Crippen LogP contribution in [0.15, 0.2) is 36.5 Å². The van der Waals surface area contributed by atoms with Gasteiger partial charge in [-0.25, -0.2) is 14.7 Å². The summed E-state index contributed by atoms with van der Waals surface area (Å²) < 4.78 is 14.3. The van der Waals surface area contributed by atoms with Crippen molar-refractivity contribution >= 4 is 29.2 Å². The Labute approximate surface area is 228 Å². The Hall–Kier alpha value is -3.47. The largest absolute Gasteiger partial charge is 0.384 e. The number of amides is 1. The molecule has 9 nitrogen and oxygen atoms in total. The molecule has 206 valence electrons. The van der Waals surface area contributed by atoms with Crippen molar-refractivity contribution in [1.82, 2.24) is 25.2 Å². The van der Waals surface area contributed by atoms with Crippen LogP contribution in [-0.4, -0.2) is 50.0 Å². The lowest BCUT2D eigenvalue weighted by molar-refractivity contribution is -0.487. The second-order valence-electron chi connectivity index (χ2n) is 11.4. The molecule has 0 bridgehead atoms. The number of anilines is 2. The van der Waals surface area contributed by atoms with Crippen molar-refractivity contribution in [3.05, 3.63) is 64.7 Å². The van der Waals surface area contributed by atoms with Crippen LogP contribution in [0.4, 0.5) is 27.7 Å². The zero-order valence-corrected chi connectivity index (χ0v) is 23.0. The van der Waals surface area contributed by atoms with E-state index in [0.717, 1.165) is 31.1 Å². The third kappa shape index (κ3) is 6.76. The molecule has 0 saturated heterocycles. The number of carbonyl (C=O) groups is 1. The Morgan fingerprint density at radius 3 is 2.72 bits per heavy atom. The summed E-state index contributed by atoms with van der Waals surface area (Å²) in [6.07, 6.45) is 5.21. The van der Waals surface area contributed by atoms with E-state index in [1.807, 2.05) is 19.9 Å². The van der Waals surface area contributed by atoms with Crippen LogP contribution in [0.3, 0.4) is 0 Å². The number of halogens is 1. The molecule has 1 fully saturated rings. The molecule has 2 aromatic heterocycles. The smallest absolute Gasteiger partial charge is 0.260 e. The molecule has 5 N–H and O–H groups in total. The van der Waals surface area contributed by atoms with Crippen LogP contribution in [0.1, 0.15) is 67.7 Å². The van der Waals surface area contributed by atoms with Gasteiger partial charge in [-0.15, -0.1) is 0 Å². The highest BCUT2D eigenvalue weighted by atomic mass is 19.1. The first-order chi connectivity index (χ1) is 18.5. The van der Waals surface area contributed by atoms with Crippen molar-refractivity contribution in [2.24, 2.45) is 5.92 Å². The molecule has 1 aromatic carbocycles. The first-order valence-electron chi connectivity index (χ1n) is 13.6. The zero-order chi connectivity index (χ0) is 27.7. The van der Waals surface area contributed by atoms with E-state index in [4.69, 9.17) is 0 Å². The number of nitrogens with one attached hydrogen (secondary N) is 2. The molecule has 3 heterocycles. The van der Waals surface area contributed by atoms with Crippen LogP contribution in [0.2, 0.25) is 0 Å². The standard InChI is InChI=1S/C29H36FN7O2/c1-17(2)32-27(38)22-14-31-28(36-26(22)35-24-10-9-23(30)25(34-24)29(3,4)39)33-21-8-7-20-16-37(15-18-5-6-18)12-11-19(20)13-21/h7-10,13-14,17-18,39H,5-6,11-12,15-16H2,1-4H3,(H,32,38)(H2,31,33,34,35,36)/p+1. The van der Waals surface area contributed by atoms with Crippen molar-refractivity contribution in [3.63, 3.8) is 0 Å². The molecule has 0 radical (unpaired) electrons. The number of carbonyl (C=O) groups excluding carboxylic acids is 1. The van der Waals surface area contributed by atoms with Gasteiger partial charge in [-0.1, -0.05) is 6.07 Å². The molecule has 39 heavy (non-hydrogen) atoms. The Balaban J connectivity index is 1.39. The summed E-state index contributed by atoms with van der Waals surface area (Å²) in [4.78, 5) is 28.8. The fraction of sp³-hybridized carbons (Fsp3) is 0.448. The average Bonchev–Trinajstić information content (AvgIpc) is 3.68. The zero-order valence-electron chi connectivity index (χ0n) is 23.0. The normalized spacial score (nSPS) is 15.8. The number of benzene rings is 1. The number of nitrogens with two attached hydrogens (primary N) is 1. The lowest BCUT2D eigenvalue weighted by Gasteiger charge is -2.29. The summed E-state index contributed by atoms with van der Waals surface area (Å²) in [5.41, 5.74) is 2.27. The molecule has 10 heteroatoms. The molecule has 0 spiro atoms. The van der Waals surface area contributed by atoms with E-state index in [1.165, 1.54) is 62.7 Å². The molecule has 3 aromatic rings. The molecular formula is C29H37FN7O2+. The number of quaternary nitrogens is 1. The highest BCUT2D eigenvalue weighted by Crippen LogP contribution is 2.32. The topological polar surface area (TPSA) is 120 Å². The Kier molecular flexibility index (Phi) is 7.61. The van der Waals surface area contributed by atoms with Gasteiger partial charge in [0.15, 0.2) is 0 Å². The molecule has 5 rings (SSSR count).